The summed E-state index contributed by atoms with van der Waals surface area (Å²) in [5.74, 6) is 0.259. The first-order valence-electron chi connectivity index (χ1n) is 8.14. The Kier molecular flexibility index (Phi) is 14.2. The van der Waals surface area contributed by atoms with Gasteiger partial charge in [-0.1, -0.05) is 51.9 Å². The van der Waals surface area contributed by atoms with Crippen LogP contribution in [0.15, 0.2) is 0 Å². The van der Waals surface area contributed by atoms with Crippen LogP contribution in [0, 0.1) is 5.92 Å². The van der Waals surface area contributed by atoms with Crippen LogP contribution < -0.4 is 0 Å². The molecule has 0 saturated heterocycles. The van der Waals surface area contributed by atoms with Crippen molar-refractivity contribution in [3.05, 3.63) is 0 Å². The molecule has 0 spiro atoms. The molecule has 0 amide bonds. The molecule has 0 fully saturated rings. The molecule has 0 saturated carbocycles. The lowest BCUT2D eigenvalue weighted by Gasteiger charge is -2.18. The van der Waals surface area contributed by atoms with Gasteiger partial charge in [0.25, 0.3) is 0 Å². The lowest BCUT2D eigenvalue weighted by atomic mass is 9.93. The maximum Gasteiger partial charge on any atom is 0.0543 e. The van der Waals surface area contributed by atoms with Crippen LogP contribution in [0.3, 0.4) is 0 Å². The van der Waals surface area contributed by atoms with E-state index in [4.69, 9.17) is 10.2 Å². The molecule has 0 bridgehead atoms. The standard InChI is InChI=1S/C16H34O3/c1-2-3-4-5-6-7-8-9-16(19)14-15(10-12-17)11-13-18/h15-19H,2-14H2,1H3. The largest absolute Gasteiger partial charge is 0.396 e. The predicted molar refractivity (Wildman–Crippen MR) is 80.1 cm³/mol. The predicted octanol–water partition coefficient (Wildman–Crippen LogP) is 3.26. The van der Waals surface area contributed by atoms with Crippen LogP contribution in [0.25, 0.3) is 0 Å². The number of aliphatic hydroxyl groups is 3. The zero-order valence-corrected chi connectivity index (χ0v) is 12.7. The van der Waals surface area contributed by atoms with Gasteiger partial charge >= 0.3 is 0 Å². The van der Waals surface area contributed by atoms with Crippen LogP contribution in [0.5, 0.6) is 0 Å². The van der Waals surface area contributed by atoms with E-state index in [1.54, 1.807) is 0 Å². The van der Waals surface area contributed by atoms with E-state index in [-0.39, 0.29) is 25.2 Å². The van der Waals surface area contributed by atoms with Crippen molar-refractivity contribution in [1.82, 2.24) is 0 Å². The van der Waals surface area contributed by atoms with Crippen molar-refractivity contribution in [2.75, 3.05) is 13.2 Å². The summed E-state index contributed by atoms with van der Waals surface area (Å²) in [5.41, 5.74) is 0. The van der Waals surface area contributed by atoms with Gasteiger partial charge in [0, 0.05) is 13.2 Å². The molecule has 0 radical (unpaired) electrons. The first kappa shape index (κ1) is 18.9. The number of aliphatic hydroxyl groups excluding tert-OH is 3. The summed E-state index contributed by atoms with van der Waals surface area (Å²) in [6, 6.07) is 0. The van der Waals surface area contributed by atoms with E-state index in [2.05, 4.69) is 6.92 Å². The first-order valence-corrected chi connectivity index (χ1v) is 8.14. The van der Waals surface area contributed by atoms with Crippen molar-refractivity contribution in [2.24, 2.45) is 5.92 Å². The van der Waals surface area contributed by atoms with Gasteiger partial charge in [-0.15, -0.1) is 0 Å². The lowest BCUT2D eigenvalue weighted by molar-refractivity contribution is 0.110. The highest BCUT2D eigenvalue weighted by Crippen LogP contribution is 2.19. The molecule has 0 aromatic rings. The molecule has 0 rings (SSSR count). The number of hydrogen-bond donors (Lipinski definition) is 3. The van der Waals surface area contributed by atoms with Crippen molar-refractivity contribution < 1.29 is 15.3 Å². The molecule has 0 aliphatic carbocycles. The van der Waals surface area contributed by atoms with Crippen molar-refractivity contribution in [3.8, 4) is 0 Å². The molecule has 1 unspecified atom stereocenters. The van der Waals surface area contributed by atoms with E-state index in [1.807, 2.05) is 0 Å². The molecular weight excluding hydrogens is 240 g/mol. The Labute approximate surface area is 119 Å². The zero-order chi connectivity index (χ0) is 14.3. The summed E-state index contributed by atoms with van der Waals surface area (Å²) in [6.07, 6.45) is 11.6. The van der Waals surface area contributed by atoms with E-state index >= 15 is 0 Å². The molecule has 1 atom stereocenters. The Bertz CT molecular complexity index is 167. The minimum atomic E-state index is -0.265. The van der Waals surface area contributed by atoms with Crippen LogP contribution in [-0.4, -0.2) is 34.6 Å². The van der Waals surface area contributed by atoms with Crippen molar-refractivity contribution >= 4 is 0 Å². The van der Waals surface area contributed by atoms with Gasteiger partial charge in [-0.2, -0.15) is 0 Å². The minimum Gasteiger partial charge on any atom is -0.396 e. The van der Waals surface area contributed by atoms with Crippen molar-refractivity contribution in [2.45, 2.75) is 83.7 Å². The maximum atomic E-state index is 9.95. The average Bonchev–Trinajstić information content (AvgIpc) is 2.38. The van der Waals surface area contributed by atoms with Crippen LogP contribution in [-0.2, 0) is 0 Å². The minimum absolute atomic E-state index is 0.148. The average molecular weight is 274 g/mol. The number of unbranched alkanes of at least 4 members (excludes halogenated alkanes) is 6. The quantitative estimate of drug-likeness (QED) is 0.426. The summed E-state index contributed by atoms with van der Waals surface area (Å²) < 4.78 is 0. The first-order chi connectivity index (χ1) is 9.24. The molecule has 0 aliphatic heterocycles. The van der Waals surface area contributed by atoms with E-state index in [0.29, 0.717) is 12.8 Å². The highest BCUT2D eigenvalue weighted by Gasteiger charge is 2.13. The van der Waals surface area contributed by atoms with Gasteiger partial charge in [-0.3, -0.25) is 0 Å². The molecular formula is C16H34O3. The lowest BCUT2D eigenvalue weighted by Crippen LogP contribution is -2.16. The molecule has 0 aliphatic rings. The van der Waals surface area contributed by atoms with E-state index < -0.39 is 0 Å². The molecule has 3 heteroatoms. The second-order valence-corrected chi connectivity index (χ2v) is 5.69. The van der Waals surface area contributed by atoms with E-state index in [9.17, 15) is 5.11 Å². The van der Waals surface area contributed by atoms with E-state index in [1.165, 1.54) is 38.5 Å². The molecule has 0 heterocycles. The molecule has 116 valence electrons. The summed E-state index contributed by atoms with van der Waals surface area (Å²) in [7, 11) is 0. The SMILES string of the molecule is CCCCCCCCCC(O)CC(CCO)CCO. The maximum absolute atomic E-state index is 9.95. The van der Waals surface area contributed by atoms with Gasteiger partial charge in [0.1, 0.15) is 0 Å². The van der Waals surface area contributed by atoms with Crippen LogP contribution in [0.4, 0.5) is 0 Å². The molecule has 3 N–H and O–H groups in total. The number of hydrogen-bond acceptors (Lipinski definition) is 3. The third-order valence-electron chi connectivity index (χ3n) is 3.82. The molecule has 19 heavy (non-hydrogen) atoms. The van der Waals surface area contributed by atoms with Gasteiger partial charge < -0.3 is 15.3 Å². The Morgan fingerprint density at radius 1 is 0.737 bits per heavy atom. The Balaban J connectivity index is 3.48. The van der Waals surface area contributed by atoms with Crippen LogP contribution in [0.1, 0.15) is 77.6 Å². The summed E-state index contributed by atoms with van der Waals surface area (Å²) in [5, 5.41) is 27.8. The fourth-order valence-electron chi connectivity index (χ4n) is 2.58. The van der Waals surface area contributed by atoms with Gasteiger partial charge in [0.05, 0.1) is 6.10 Å². The summed E-state index contributed by atoms with van der Waals surface area (Å²) >= 11 is 0. The fourth-order valence-corrected chi connectivity index (χ4v) is 2.58. The highest BCUT2D eigenvalue weighted by molar-refractivity contribution is 4.65. The van der Waals surface area contributed by atoms with Crippen LogP contribution in [0.2, 0.25) is 0 Å². The van der Waals surface area contributed by atoms with Crippen LogP contribution >= 0.6 is 0 Å². The molecule has 3 nitrogen and oxygen atoms in total. The normalized spacial score (nSPS) is 13.1. The second-order valence-electron chi connectivity index (χ2n) is 5.69. The van der Waals surface area contributed by atoms with E-state index in [0.717, 1.165) is 19.3 Å². The Morgan fingerprint density at radius 3 is 1.79 bits per heavy atom. The number of rotatable bonds is 14. The third kappa shape index (κ3) is 12.6. The molecule has 0 aromatic heterocycles. The Hall–Kier alpha value is -0.120. The van der Waals surface area contributed by atoms with Gasteiger partial charge in [0.2, 0.25) is 0 Å². The molecule has 0 aromatic carbocycles. The topological polar surface area (TPSA) is 60.7 Å². The summed E-state index contributed by atoms with van der Waals surface area (Å²) in [6.45, 7) is 2.52. The smallest absolute Gasteiger partial charge is 0.0543 e. The van der Waals surface area contributed by atoms with Crippen molar-refractivity contribution in [1.29, 1.82) is 0 Å². The van der Waals surface area contributed by atoms with Gasteiger partial charge in [0.15, 0.2) is 0 Å². The zero-order valence-electron chi connectivity index (χ0n) is 12.7. The third-order valence-corrected chi connectivity index (χ3v) is 3.82. The second kappa shape index (κ2) is 14.3. The summed E-state index contributed by atoms with van der Waals surface area (Å²) in [4.78, 5) is 0. The van der Waals surface area contributed by atoms with Crippen molar-refractivity contribution in [3.63, 3.8) is 0 Å². The van der Waals surface area contributed by atoms with Gasteiger partial charge in [-0.05, 0) is 31.6 Å². The fraction of sp³-hybridized carbons (Fsp3) is 1.00. The Morgan fingerprint density at radius 2 is 1.26 bits per heavy atom. The van der Waals surface area contributed by atoms with Gasteiger partial charge in [-0.25, -0.2) is 0 Å². The highest BCUT2D eigenvalue weighted by atomic mass is 16.3. The monoisotopic (exact) mass is 274 g/mol.